The summed E-state index contributed by atoms with van der Waals surface area (Å²) >= 11 is 0. The molecule has 0 unspecified atom stereocenters. The lowest BCUT2D eigenvalue weighted by molar-refractivity contribution is -0.139. The van der Waals surface area contributed by atoms with Gasteiger partial charge in [-0.15, -0.1) is 6.58 Å². The van der Waals surface area contributed by atoms with Gasteiger partial charge in [0.1, 0.15) is 0 Å². The molecule has 0 spiro atoms. The molecule has 110 valence electrons. The highest BCUT2D eigenvalue weighted by atomic mass is 16.7. The predicted octanol–water partition coefficient (Wildman–Crippen LogP) is 3.26. The fourth-order valence-corrected chi connectivity index (χ4v) is 2.52. The minimum Gasteiger partial charge on any atom is -0.348 e. The van der Waals surface area contributed by atoms with E-state index in [2.05, 4.69) is 36.2 Å². The molecule has 1 aromatic carbocycles. The van der Waals surface area contributed by atoms with Gasteiger partial charge < -0.3 is 14.8 Å². The second-order valence-electron chi connectivity index (χ2n) is 5.77. The minimum atomic E-state index is -0.442. The molecule has 1 aliphatic heterocycles. The van der Waals surface area contributed by atoms with Gasteiger partial charge in [0.15, 0.2) is 5.79 Å². The Bertz CT molecular complexity index is 416. The summed E-state index contributed by atoms with van der Waals surface area (Å²) in [5, 5.41) is 3.58. The van der Waals surface area contributed by atoms with Crippen LogP contribution in [0.2, 0.25) is 0 Å². The third-order valence-corrected chi connectivity index (χ3v) is 3.50. The van der Waals surface area contributed by atoms with Crippen LogP contribution in [0.3, 0.4) is 0 Å². The molecule has 2 atom stereocenters. The monoisotopic (exact) mass is 275 g/mol. The van der Waals surface area contributed by atoms with Crippen molar-refractivity contribution in [2.24, 2.45) is 0 Å². The Morgan fingerprint density at radius 3 is 2.75 bits per heavy atom. The third-order valence-electron chi connectivity index (χ3n) is 3.50. The van der Waals surface area contributed by atoms with Gasteiger partial charge in [-0.3, -0.25) is 0 Å². The molecular weight excluding hydrogens is 250 g/mol. The smallest absolute Gasteiger partial charge is 0.163 e. The summed E-state index contributed by atoms with van der Waals surface area (Å²) in [6, 6.07) is 10.8. The van der Waals surface area contributed by atoms with Gasteiger partial charge in [-0.25, -0.2) is 0 Å². The number of rotatable bonds is 7. The van der Waals surface area contributed by atoms with Crippen LogP contribution in [0.5, 0.6) is 0 Å². The fraction of sp³-hybridized carbons (Fsp3) is 0.529. The van der Waals surface area contributed by atoms with Gasteiger partial charge in [-0.1, -0.05) is 36.4 Å². The average molecular weight is 275 g/mol. The van der Waals surface area contributed by atoms with Gasteiger partial charge >= 0.3 is 0 Å². The number of hydrogen-bond acceptors (Lipinski definition) is 3. The first-order chi connectivity index (χ1) is 9.59. The van der Waals surface area contributed by atoms with E-state index in [1.165, 1.54) is 5.56 Å². The van der Waals surface area contributed by atoms with E-state index in [-0.39, 0.29) is 6.10 Å². The molecule has 0 amide bonds. The zero-order chi connectivity index (χ0) is 14.4. The Morgan fingerprint density at radius 1 is 1.40 bits per heavy atom. The van der Waals surface area contributed by atoms with Gasteiger partial charge in [0.05, 0.1) is 12.7 Å². The maximum absolute atomic E-state index is 5.88. The van der Waals surface area contributed by atoms with E-state index in [9.17, 15) is 0 Å². The van der Waals surface area contributed by atoms with Crippen molar-refractivity contribution in [1.82, 2.24) is 5.32 Å². The van der Waals surface area contributed by atoms with E-state index in [1.807, 2.05) is 26.0 Å². The van der Waals surface area contributed by atoms with E-state index < -0.39 is 5.79 Å². The summed E-state index contributed by atoms with van der Waals surface area (Å²) < 4.78 is 11.5. The first kappa shape index (κ1) is 15.2. The predicted molar refractivity (Wildman–Crippen MR) is 81.4 cm³/mol. The third kappa shape index (κ3) is 4.75. The van der Waals surface area contributed by atoms with Crippen molar-refractivity contribution in [2.45, 2.75) is 51.2 Å². The summed E-state index contributed by atoms with van der Waals surface area (Å²) in [6.07, 6.45) is 4.01. The van der Waals surface area contributed by atoms with Crippen molar-refractivity contribution in [1.29, 1.82) is 0 Å². The van der Waals surface area contributed by atoms with Crippen LogP contribution in [0, 0.1) is 0 Å². The highest BCUT2D eigenvalue weighted by Gasteiger charge is 2.33. The van der Waals surface area contributed by atoms with Crippen molar-refractivity contribution in [3.63, 3.8) is 0 Å². The van der Waals surface area contributed by atoms with E-state index in [0.717, 1.165) is 19.4 Å². The molecule has 3 nitrogen and oxygen atoms in total. The molecule has 1 saturated heterocycles. The number of ether oxygens (including phenoxy) is 2. The molecule has 1 aromatic rings. The standard InChI is InChI=1S/C17H25NO2/c1-4-8-15(11-16-13-19-17(2,3)20-16)18-12-14-9-6-5-7-10-14/h4-7,9-10,15-16,18H,1,8,11-13H2,2-3H3/t15-,16+/m0/s1. The molecule has 20 heavy (non-hydrogen) atoms. The Morgan fingerprint density at radius 2 is 2.15 bits per heavy atom. The Kier molecular flexibility index (Phi) is 5.35. The second-order valence-corrected chi connectivity index (χ2v) is 5.77. The molecule has 1 heterocycles. The van der Waals surface area contributed by atoms with Gasteiger partial charge in [-0.2, -0.15) is 0 Å². The summed E-state index contributed by atoms with van der Waals surface area (Å²) in [7, 11) is 0. The zero-order valence-corrected chi connectivity index (χ0v) is 12.5. The maximum atomic E-state index is 5.88. The highest BCUT2D eigenvalue weighted by molar-refractivity contribution is 5.14. The van der Waals surface area contributed by atoms with Crippen LogP contribution in [0.25, 0.3) is 0 Å². The van der Waals surface area contributed by atoms with E-state index >= 15 is 0 Å². The molecule has 0 bridgehead atoms. The summed E-state index contributed by atoms with van der Waals surface area (Å²) in [6.45, 7) is 9.32. The lowest BCUT2D eigenvalue weighted by atomic mass is 10.1. The summed E-state index contributed by atoms with van der Waals surface area (Å²) in [5.74, 6) is -0.442. The molecule has 0 aromatic heterocycles. The van der Waals surface area contributed by atoms with Crippen LogP contribution in [-0.2, 0) is 16.0 Å². The second kappa shape index (κ2) is 7.02. The molecule has 3 heteroatoms. The zero-order valence-electron chi connectivity index (χ0n) is 12.5. The van der Waals surface area contributed by atoms with Gasteiger partial charge in [0.2, 0.25) is 0 Å². The van der Waals surface area contributed by atoms with Crippen LogP contribution in [-0.4, -0.2) is 24.5 Å². The van der Waals surface area contributed by atoms with Crippen molar-refractivity contribution in [3.05, 3.63) is 48.6 Å². The Balaban J connectivity index is 1.83. The van der Waals surface area contributed by atoms with Gasteiger partial charge in [0.25, 0.3) is 0 Å². The lowest BCUT2D eigenvalue weighted by Crippen LogP contribution is -2.33. The van der Waals surface area contributed by atoms with E-state index in [1.54, 1.807) is 0 Å². The molecule has 0 aliphatic carbocycles. The molecule has 2 rings (SSSR count). The van der Waals surface area contributed by atoms with E-state index in [0.29, 0.717) is 12.6 Å². The van der Waals surface area contributed by atoms with E-state index in [4.69, 9.17) is 9.47 Å². The molecule has 0 radical (unpaired) electrons. The molecule has 1 N–H and O–H groups in total. The average Bonchev–Trinajstić information content (AvgIpc) is 2.77. The lowest BCUT2D eigenvalue weighted by Gasteiger charge is -2.22. The number of nitrogens with one attached hydrogen (secondary N) is 1. The van der Waals surface area contributed by atoms with Crippen LogP contribution in [0.1, 0.15) is 32.3 Å². The quantitative estimate of drug-likeness (QED) is 0.775. The van der Waals surface area contributed by atoms with Crippen LogP contribution >= 0.6 is 0 Å². The highest BCUT2D eigenvalue weighted by Crippen LogP contribution is 2.25. The normalized spacial score (nSPS) is 22.6. The maximum Gasteiger partial charge on any atom is 0.163 e. The Labute approximate surface area is 122 Å². The summed E-state index contributed by atoms with van der Waals surface area (Å²) in [5.41, 5.74) is 1.30. The molecule has 1 fully saturated rings. The van der Waals surface area contributed by atoms with Crippen molar-refractivity contribution in [2.75, 3.05) is 6.61 Å². The molecule has 1 aliphatic rings. The minimum absolute atomic E-state index is 0.165. The largest absolute Gasteiger partial charge is 0.348 e. The van der Waals surface area contributed by atoms with Gasteiger partial charge in [-0.05, 0) is 32.3 Å². The van der Waals surface area contributed by atoms with Crippen molar-refractivity contribution in [3.8, 4) is 0 Å². The number of benzene rings is 1. The van der Waals surface area contributed by atoms with Crippen molar-refractivity contribution < 1.29 is 9.47 Å². The van der Waals surface area contributed by atoms with Gasteiger partial charge in [0, 0.05) is 12.6 Å². The molecular formula is C17H25NO2. The molecule has 0 saturated carbocycles. The SMILES string of the molecule is C=CC[C@@H](C[C@@H]1COC(C)(C)O1)NCc1ccccc1. The fourth-order valence-electron chi connectivity index (χ4n) is 2.52. The van der Waals surface area contributed by atoms with Crippen LogP contribution in [0.15, 0.2) is 43.0 Å². The first-order valence-corrected chi connectivity index (χ1v) is 7.29. The van der Waals surface area contributed by atoms with Crippen LogP contribution < -0.4 is 5.32 Å². The summed E-state index contributed by atoms with van der Waals surface area (Å²) in [4.78, 5) is 0. The van der Waals surface area contributed by atoms with Crippen LogP contribution in [0.4, 0.5) is 0 Å². The Hall–Kier alpha value is -1.16. The topological polar surface area (TPSA) is 30.5 Å². The number of hydrogen-bond donors (Lipinski definition) is 1. The van der Waals surface area contributed by atoms with Crippen molar-refractivity contribution >= 4 is 0 Å². The first-order valence-electron chi connectivity index (χ1n) is 7.29.